The molecule has 1 aliphatic heterocycles. The lowest BCUT2D eigenvalue weighted by Crippen LogP contribution is -2.42. The second-order valence-corrected chi connectivity index (χ2v) is 8.03. The van der Waals surface area contributed by atoms with Crippen molar-refractivity contribution >= 4 is 5.96 Å². The van der Waals surface area contributed by atoms with Crippen LogP contribution in [0.2, 0.25) is 0 Å². The third kappa shape index (κ3) is 6.93. The van der Waals surface area contributed by atoms with E-state index in [-0.39, 0.29) is 12.0 Å². The van der Waals surface area contributed by atoms with Crippen LogP contribution in [0.1, 0.15) is 50.0 Å². The number of guanidine groups is 1. The lowest BCUT2D eigenvalue weighted by molar-refractivity contribution is 0.0179. The molecule has 9 nitrogen and oxygen atoms in total. The van der Waals surface area contributed by atoms with Crippen LogP contribution in [0.25, 0.3) is 0 Å². The van der Waals surface area contributed by atoms with Crippen molar-refractivity contribution in [1.29, 1.82) is 0 Å². The lowest BCUT2D eigenvalue weighted by atomic mass is 10.0. The van der Waals surface area contributed by atoms with Crippen LogP contribution in [0.4, 0.5) is 0 Å². The number of nitrogens with one attached hydrogen (secondary N) is 2. The Morgan fingerprint density at radius 3 is 2.56 bits per heavy atom. The summed E-state index contributed by atoms with van der Waals surface area (Å²) < 4.78 is 16.2. The molecule has 3 rings (SSSR count). The molecule has 1 unspecified atom stereocenters. The van der Waals surface area contributed by atoms with Crippen molar-refractivity contribution in [2.24, 2.45) is 4.99 Å². The molecule has 2 N–H and O–H groups in total. The summed E-state index contributed by atoms with van der Waals surface area (Å²) in [7, 11) is 1.69. The van der Waals surface area contributed by atoms with Crippen LogP contribution >= 0.6 is 0 Å². The van der Waals surface area contributed by atoms with Crippen LogP contribution in [0.5, 0.6) is 5.75 Å². The monoisotopic (exact) mass is 444 g/mol. The minimum atomic E-state index is 0.171. The lowest BCUT2D eigenvalue weighted by Gasteiger charge is -2.34. The highest BCUT2D eigenvalue weighted by Gasteiger charge is 2.22. The van der Waals surface area contributed by atoms with E-state index >= 15 is 0 Å². The van der Waals surface area contributed by atoms with E-state index < -0.39 is 0 Å². The van der Waals surface area contributed by atoms with Gasteiger partial charge in [-0.1, -0.05) is 31.1 Å². The summed E-state index contributed by atoms with van der Waals surface area (Å²) in [6.45, 7) is 11.5. The van der Waals surface area contributed by atoms with Gasteiger partial charge in [0.2, 0.25) is 5.89 Å². The molecule has 0 bridgehead atoms. The smallest absolute Gasteiger partial charge is 0.228 e. The van der Waals surface area contributed by atoms with Gasteiger partial charge in [0.1, 0.15) is 5.75 Å². The van der Waals surface area contributed by atoms with Crippen molar-refractivity contribution in [3.05, 3.63) is 41.5 Å². The Morgan fingerprint density at radius 2 is 1.94 bits per heavy atom. The van der Waals surface area contributed by atoms with E-state index in [1.807, 2.05) is 12.1 Å². The first-order valence-corrected chi connectivity index (χ1v) is 11.4. The summed E-state index contributed by atoms with van der Waals surface area (Å²) in [5, 5.41) is 10.7. The maximum atomic E-state index is 5.56. The molecule has 0 saturated carbocycles. The van der Waals surface area contributed by atoms with E-state index in [4.69, 9.17) is 19.0 Å². The molecule has 9 heteroatoms. The number of hydrogen-bond donors (Lipinski definition) is 2. The Hall–Kier alpha value is -2.65. The molecule has 1 fully saturated rings. The first-order chi connectivity index (χ1) is 15.6. The topological polar surface area (TPSA) is 97.0 Å². The summed E-state index contributed by atoms with van der Waals surface area (Å²) in [5.74, 6) is 3.28. The molecule has 1 aromatic carbocycles. The SMILES string of the molecule is CCNC(=NCC(c1ccc(OC)cc1)N1CCOCC1)NCCc1nc(C(C)C)no1. The molecule has 0 aliphatic carbocycles. The molecule has 1 aromatic heterocycles. The second kappa shape index (κ2) is 12.4. The van der Waals surface area contributed by atoms with Crippen molar-refractivity contribution in [3.63, 3.8) is 0 Å². The summed E-state index contributed by atoms with van der Waals surface area (Å²) in [4.78, 5) is 11.8. The van der Waals surface area contributed by atoms with Crippen LogP contribution in [0.3, 0.4) is 0 Å². The fourth-order valence-electron chi connectivity index (χ4n) is 3.56. The predicted octanol–water partition coefficient (Wildman–Crippen LogP) is 2.37. The molecular formula is C23H36N6O3. The average molecular weight is 445 g/mol. The number of aromatic nitrogens is 2. The predicted molar refractivity (Wildman–Crippen MR) is 124 cm³/mol. The Morgan fingerprint density at radius 1 is 1.19 bits per heavy atom. The highest BCUT2D eigenvalue weighted by Crippen LogP contribution is 2.24. The van der Waals surface area contributed by atoms with E-state index in [9.17, 15) is 0 Å². The molecule has 176 valence electrons. The van der Waals surface area contributed by atoms with Gasteiger partial charge >= 0.3 is 0 Å². The zero-order valence-corrected chi connectivity index (χ0v) is 19.6. The van der Waals surface area contributed by atoms with E-state index in [2.05, 4.69) is 58.6 Å². The molecule has 0 amide bonds. The second-order valence-electron chi connectivity index (χ2n) is 8.03. The van der Waals surface area contributed by atoms with E-state index in [0.717, 1.165) is 50.4 Å². The van der Waals surface area contributed by atoms with Gasteiger partial charge in [0.15, 0.2) is 11.8 Å². The quantitative estimate of drug-likeness (QED) is 0.426. The fraction of sp³-hybridized carbons (Fsp3) is 0.609. The van der Waals surface area contributed by atoms with Gasteiger partial charge in [-0.3, -0.25) is 9.89 Å². The zero-order chi connectivity index (χ0) is 22.8. The Kier molecular flexibility index (Phi) is 9.30. The summed E-state index contributed by atoms with van der Waals surface area (Å²) in [6.07, 6.45) is 0.648. The molecule has 0 spiro atoms. The van der Waals surface area contributed by atoms with Gasteiger partial charge in [-0.2, -0.15) is 4.98 Å². The number of morpholine rings is 1. The molecular weight excluding hydrogens is 408 g/mol. The summed E-state index contributed by atoms with van der Waals surface area (Å²) >= 11 is 0. The van der Waals surface area contributed by atoms with E-state index in [1.165, 1.54) is 5.56 Å². The third-order valence-corrected chi connectivity index (χ3v) is 5.39. The highest BCUT2D eigenvalue weighted by atomic mass is 16.5. The van der Waals surface area contributed by atoms with Gasteiger partial charge in [-0.05, 0) is 24.6 Å². The van der Waals surface area contributed by atoms with Gasteiger partial charge in [-0.15, -0.1) is 0 Å². The molecule has 0 radical (unpaired) electrons. The van der Waals surface area contributed by atoms with E-state index in [1.54, 1.807) is 7.11 Å². The van der Waals surface area contributed by atoms with Crippen LogP contribution in [0, 0.1) is 0 Å². The number of hydrogen-bond acceptors (Lipinski definition) is 7. The van der Waals surface area contributed by atoms with Crippen molar-refractivity contribution in [3.8, 4) is 5.75 Å². The van der Waals surface area contributed by atoms with Crippen molar-refractivity contribution in [2.75, 3.05) is 53.0 Å². The molecule has 2 aromatic rings. The summed E-state index contributed by atoms with van der Waals surface area (Å²) in [6, 6.07) is 8.43. The largest absolute Gasteiger partial charge is 0.497 e. The molecule has 1 aliphatic rings. The maximum absolute atomic E-state index is 5.56. The first kappa shape index (κ1) is 24.0. The minimum Gasteiger partial charge on any atom is -0.497 e. The van der Waals surface area contributed by atoms with Crippen molar-refractivity contribution in [1.82, 2.24) is 25.7 Å². The number of ether oxygens (including phenoxy) is 2. The molecule has 32 heavy (non-hydrogen) atoms. The van der Waals surface area contributed by atoms with E-state index in [0.29, 0.717) is 25.4 Å². The average Bonchev–Trinajstić information content (AvgIpc) is 3.30. The third-order valence-electron chi connectivity index (χ3n) is 5.39. The fourth-order valence-corrected chi connectivity index (χ4v) is 3.56. The number of methoxy groups -OCH3 is 1. The van der Waals surface area contributed by atoms with Crippen molar-refractivity contribution in [2.45, 2.75) is 39.2 Å². The van der Waals surface area contributed by atoms with Gasteiger partial charge in [0.05, 0.1) is 32.9 Å². The number of aliphatic imine (C=N–C) groups is 1. The standard InChI is InChI=1S/C23H36N6O3/c1-5-24-23(25-11-10-21-27-22(17(2)3)28-32-21)26-16-20(29-12-14-31-15-13-29)18-6-8-19(30-4)9-7-18/h6-9,17,20H,5,10-16H2,1-4H3,(H2,24,25,26). The molecule has 1 saturated heterocycles. The van der Waals surface area contributed by atoms with Gasteiger partial charge < -0.3 is 24.6 Å². The molecule has 1 atom stereocenters. The zero-order valence-electron chi connectivity index (χ0n) is 19.6. The Balaban J connectivity index is 1.64. The summed E-state index contributed by atoms with van der Waals surface area (Å²) in [5.41, 5.74) is 1.22. The van der Waals surface area contributed by atoms with Gasteiger partial charge in [-0.25, -0.2) is 0 Å². The Labute approximate surface area is 190 Å². The number of rotatable bonds is 10. The highest BCUT2D eigenvalue weighted by molar-refractivity contribution is 5.79. The van der Waals surface area contributed by atoms with Crippen molar-refractivity contribution < 1.29 is 14.0 Å². The number of nitrogens with zero attached hydrogens (tertiary/aromatic N) is 4. The van der Waals surface area contributed by atoms with Crippen LogP contribution in [-0.4, -0.2) is 74.0 Å². The number of benzene rings is 1. The normalized spacial score (nSPS) is 16.2. The minimum absolute atomic E-state index is 0.171. The van der Waals surface area contributed by atoms with Crippen LogP contribution < -0.4 is 15.4 Å². The van der Waals surface area contributed by atoms with Crippen LogP contribution in [0.15, 0.2) is 33.8 Å². The van der Waals surface area contributed by atoms with Gasteiger partial charge in [0, 0.05) is 38.5 Å². The van der Waals surface area contributed by atoms with Gasteiger partial charge in [0.25, 0.3) is 0 Å². The molecule has 2 heterocycles. The maximum Gasteiger partial charge on any atom is 0.228 e. The first-order valence-electron chi connectivity index (χ1n) is 11.4. The van der Waals surface area contributed by atoms with Crippen LogP contribution in [-0.2, 0) is 11.2 Å². The Bertz CT molecular complexity index is 831.